The summed E-state index contributed by atoms with van der Waals surface area (Å²) >= 11 is 0. The van der Waals surface area contributed by atoms with E-state index in [0.29, 0.717) is 5.41 Å². The molecule has 0 unspecified atom stereocenters. The fourth-order valence-electron chi connectivity index (χ4n) is 1.55. The molecule has 0 heterocycles. The summed E-state index contributed by atoms with van der Waals surface area (Å²) in [5.74, 6) is 0. The SMILES string of the molecule is C=C(C)CCCC(C)(C)CCC(=C)C. The monoisotopic (exact) mass is 194 g/mol. The molecule has 0 aliphatic carbocycles. The van der Waals surface area contributed by atoms with Crippen molar-refractivity contribution in [1.29, 1.82) is 0 Å². The maximum Gasteiger partial charge on any atom is -0.0321 e. The fraction of sp³-hybridized carbons (Fsp3) is 0.714. The van der Waals surface area contributed by atoms with Crippen molar-refractivity contribution in [3.63, 3.8) is 0 Å². The molecule has 0 aromatic carbocycles. The van der Waals surface area contributed by atoms with Crippen molar-refractivity contribution in [2.75, 3.05) is 0 Å². The minimum absolute atomic E-state index is 0.467. The zero-order valence-corrected chi connectivity index (χ0v) is 10.4. The number of rotatable bonds is 7. The van der Waals surface area contributed by atoms with Gasteiger partial charge >= 0.3 is 0 Å². The van der Waals surface area contributed by atoms with Crippen LogP contribution < -0.4 is 0 Å². The quantitative estimate of drug-likeness (QED) is 0.494. The van der Waals surface area contributed by atoms with Crippen molar-refractivity contribution in [1.82, 2.24) is 0 Å². The summed E-state index contributed by atoms with van der Waals surface area (Å²) < 4.78 is 0. The molecule has 0 radical (unpaired) electrons. The van der Waals surface area contributed by atoms with Crippen molar-refractivity contribution in [3.8, 4) is 0 Å². The molecule has 0 atom stereocenters. The molecule has 0 aromatic heterocycles. The molecule has 0 aromatic rings. The third-order valence-electron chi connectivity index (χ3n) is 2.69. The zero-order valence-electron chi connectivity index (χ0n) is 10.4. The summed E-state index contributed by atoms with van der Waals surface area (Å²) in [4.78, 5) is 0. The number of hydrogen-bond acceptors (Lipinski definition) is 0. The normalized spacial score (nSPS) is 11.4. The van der Waals surface area contributed by atoms with Gasteiger partial charge in [-0.15, -0.1) is 13.2 Å². The van der Waals surface area contributed by atoms with E-state index in [4.69, 9.17) is 0 Å². The Bertz CT molecular complexity index is 196. The molecule has 0 nitrogen and oxygen atoms in total. The summed E-state index contributed by atoms with van der Waals surface area (Å²) in [6.07, 6.45) is 6.18. The molecule has 14 heavy (non-hydrogen) atoms. The number of allylic oxidation sites excluding steroid dienone is 2. The summed E-state index contributed by atoms with van der Waals surface area (Å²) in [5, 5.41) is 0. The summed E-state index contributed by atoms with van der Waals surface area (Å²) in [7, 11) is 0. The Hall–Kier alpha value is -0.520. The molecule has 0 spiro atoms. The lowest BCUT2D eigenvalue weighted by Crippen LogP contribution is -2.11. The lowest BCUT2D eigenvalue weighted by atomic mass is 9.81. The zero-order chi connectivity index (χ0) is 11.2. The summed E-state index contributed by atoms with van der Waals surface area (Å²) in [6, 6.07) is 0. The van der Waals surface area contributed by atoms with Gasteiger partial charge in [0.05, 0.1) is 0 Å². The third-order valence-corrected chi connectivity index (χ3v) is 2.69. The highest BCUT2D eigenvalue weighted by Gasteiger charge is 2.16. The van der Waals surface area contributed by atoms with Crippen molar-refractivity contribution in [2.24, 2.45) is 5.41 Å². The van der Waals surface area contributed by atoms with Crippen LogP contribution in [0.4, 0.5) is 0 Å². The first-order chi connectivity index (χ1) is 6.33. The van der Waals surface area contributed by atoms with Gasteiger partial charge in [0.25, 0.3) is 0 Å². The second-order valence-corrected chi connectivity index (χ2v) is 5.43. The van der Waals surface area contributed by atoms with Gasteiger partial charge in [0, 0.05) is 0 Å². The van der Waals surface area contributed by atoms with Gasteiger partial charge < -0.3 is 0 Å². The number of hydrogen-bond donors (Lipinski definition) is 0. The van der Waals surface area contributed by atoms with E-state index in [2.05, 4.69) is 40.9 Å². The Labute approximate surface area is 90.1 Å². The fourth-order valence-corrected chi connectivity index (χ4v) is 1.55. The van der Waals surface area contributed by atoms with Gasteiger partial charge in [-0.25, -0.2) is 0 Å². The van der Waals surface area contributed by atoms with Crippen molar-refractivity contribution in [3.05, 3.63) is 24.3 Å². The molecule has 0 saturated carbocycles. The van der Waals surface area contributed by atoms with Crippen LogP contribution in [0.5, 0.6) is 0 Å². The Kier molecular flexibility index (Phi) is 5.83. The highest BCUT2D eigenvalue weighted by atomic mass is 14.2. The van der Waals surface area contributed by atoms with Crippen LogP contribution in [-0.2, 0) is 0 Å². The molecule has 0 aliphatic heterocycles. The largest absolute Gasteiger partial charge is 0.100 e. The molecule has 0 fully saturated rings. The lowest BCUT2D eigenvalue weighted by Gasteiger charge is -2.24. The van der Waals surface area contributed by atoms with Gasteiger partial charge in [0.15, 0.2) is 0 Å². The third kappa shape index (κ3) is 8.10. The average molecular weight is 194 g/mol. The van der Waals surface area contributed by atoms with E-state index in [1.54, 1.807) is 0 Å². The van der Waals surface area contributed by atoms with E-state index < -0.39 is 0 Å². The molecule has 0 N–H and O–H groups in total. The summed E-state index contributed by atoms with van der Waals surface area (Å²) in [5.41, 5.74) is 3.08. The van der Waals surface area contributed by atoms with E-state index in [1.807, 2.05) is 0 Å². The van der Waals surface area contributed by atoms with Crippen molar-refractivity contribution in [2.45, 2.75) is 59.8 Å². The van der Waals surface area contributed by atoms with Crippen molar-refractivity contribution >= 4 is 0 Å². The van der Waals surface area contributed by atoms with Crippen LogP contribution in [0.15, 0.2) is 24.3 Å². The molecule has 0 saturated heterocycles. The summed E-state index contributed by atoms with van der Waals surface area (Å²) in [6.45, 7) is 16.8. The predicted octanol–water partition coefficient (Wildman–Crippen LogP) is 5.12. The van der Waals surface area contributed by atoms with Crippen LogP contribution in [0.1, 0.15) is 59.8 Å². The first-order valence-electron chi connectivity index (χ1n) is 5.62. The molecular formula is C14H26. The molecule has 0 amide bonds. The topological polar surface area (TPSA) is 0 Å². The van der Waals surface area contributed by atoms with E-state index in [1.165, 1.54) is 43.3 Å². The predicted molar refractivity (Wildman–Crippen MR) is 66.5 cm³/mol. The Morgan fingerprint density at radius 1 is 0.929 bits per heavy atom. The smallest absolute Gasteiger partial charge is 0.0321 e. The van der Waals surface area contributed by atoms with E-state index >= 15 is 0 Å². The van der Waals surface area contributed by atoms with Gasteiger partial charge in [-0.2, -0.15) is 0 Å². The average Bonchev–Trinajstić information content (AvgIpc) is 2.00. The molecule has 82 valence electrons. The molecular weight excluding hydrogens is 168 g/mol. The Morgan fingerprint density at radius 3 is 1.86 bits per heavy atom. The van der Waals surface area contributed by atoms with Gasteiger partial charge in [0.2, 0.25) is 0 Å². The first kappa shape index (κ1) is 13.5. The van der Waals surface area contributed by atoms with Crippen molar-refractivity contribution < 1.29 is 0 Å². The molecule has 0 aliphatic rings. The second kappa shape index (κ2) is 6.06. The van der Waals surface area contributed by atoms with Crippen LogP contribution in [0.3, 0.4) is 0 Å². The minimum atomic E-state index is 0.467. The standard InChI is InChI=1S/C14H26/c1-12(2)8-7-10-14(5,6)11-9-13(3)4/h1,3,7-11H2,2,4-6H3. The Balaban J connectivity index is 3.71. The van der Waals surface area contributed by atoms with Gasteiger partial charge in [-0.1, -0.05) is 25.0 Å². The van der Waals surface area contributed by atoms with Crippen LogP contribution >= 0.6 is 0 Å². The van der Waals surface area contributed by atoms with E-state index in [0.717, 1.165) is 0 Å². The van der Waals surface area contributed by atoms with Crippen LogP contribution in [0.2, 0.25) is 0 Å². The molecule has 0 rings (SSSR count). The van der Waals surface area contributed by atoms with E-state index in [-0.39, 0.29) is 0 Å². The van der Waals surface area contributed by atoms with Gasteiger partial charge in [0.1, 0.15) is 0 Å². The van der Waals surface area contributed by atoms with Crippen LogP contribution in [0, 0.1) is 5.41 Å². The maximum atomic E-state index is 3.95. The van der Waals surface area contributed by atoms with Gasteiger partial charge in [-0.05, 0) is 51.4 Å². The molecule has 0 heteroatoms. The molecule has 0 bridgehead atoms. The van der Waals surface area contributed by atoms with Crippen LogP contribution in [-0.4, -0.2) is 0 Å². The van der Waals surface area contributed by atoms with Gasteiger partial charge in [-0.3, -0.25) is 0 Å². The second-order valence-electron chi connectivity index (χ2n) is 5.43. The highest BCUT2D eigenvalue weighted by molar-refractivity contribution is 4.91. The van der Waals surface area contributed by atoms with E-state index in [9.17, 15) is 0 Å². The highest BCUT2D eigenvalue weighted by Crippen LogP contribution is 2.30. The Morgan fingerprint density at radius 2 is 1.43 bits per heavy atom. The minimum Gasteiger partial charge on any atom is -0.100 e. The van der Waals surface area contributed by atoms with Crippen LogP contribution in [0.25, 0.3) is 0 Å². The first-order valence-corrected chi connectivity index (χ1v) is 5.62. The maximum absolute atomic E-state index is 3.95. The lowest BCUT2D eigenvalue weighted by molar-refractivity contribution is 0.299.